The Labute approximate surface area is 186 Å². The molecule has 0 aromatic heterocycles. The van der Waals surface area contributed by atoms with E-state index < -0.39 is 12.1 Å². The second kappa shape index (κ2) is 10.8. The zero-order valence-electron chi connectivity index (χ0n) is 19.2. The maximum atomic E-state index is 13.0. The number of nitrogens with zero attached hydrogens (tertiary/aromatic N) is 1. The Morgan fingerprint density at radius 3 is 2.40 bits per heavy atom. The molecule has 8 heteroatoms. The first-order chi connectivity index (χ1) is 14.1. The van der Waals surface area contributed by atoms with Crippen molar-refractivity contribution in [1.82, 2.24) is 15.5 Å². The highest BCUT2D eigenvalue weighted by Crippen LogP contribution is 2.34. The molecule has 1 heterocycles. The highest BCUT2D eigenvalue weighted by Gasteiger charge is 2.42. The van der Waals surface area contributed by atoms with Crippen molar-refractivity contribution in [2.24, 2.45) is 23.0 Å². The van der Waals surface area contributed by atoms with E-state index in [1.54, 1.807) is 0 Å². The van der Waals surface area contributed by atoms with E-state index in [1.807, 2.05) is 4.90 Å². The summed E-state index contributed by atoms with van der Waals surface area (Å²) in [5.74, 6) is 0.804. The number of nitrogens with two attached hydrogens (primary N) is 1. The van der Waals surface area contributed by atoms with Crippen LogP contribution in [-0.4, -0.2) is 60.2 Å². The lowest BCUT2D eigenvalue weighted by molar-refractivity contribution is -0.124. The van der Waals surface area contributed by atoms with Gasteiger partial charge in [-0.15, -0.1) is 0 Å². The van der Waals surface area contributed by atoms with Crippen molar-refractivity contribution in [3.8, 4) is 0 Å². The van der Waals surface area contributed by atoms with Gasteiger partial charge in [0.15, 0.2) is 0 Å². The molecular formula is C22H40N4O3S. The number of methoxy groups -OCH3 is 1. The molecule has 2 atom stereocenters. The van der Waals surface area contributed by atoms with E-state index in [0.29, 0.717) is 23.5 Å². The van der Waals surface area contributed by atoms with Gasteiger partial charge in [0.2, 0.25) is 5.91 Å². The van der Waals surface area contributed by atoms with Crippen LogP contribution in [0, 0.1) is 17.3 Å². The normalized spacial score (nSPS) is 25.7. The second-order valence-corrected chi connectivity index (χ2v) is 10.2. The summed E-state index contributed by atoms with van der Waals surface area (Å²) in [5.41, 5.74) is 5.69. The Hall–Kier alpha value is -1.41. The molecule has 1 aliphatic carbocycles. The predicted molar refractivity (Wildman–Crippen MR) is 123 cm³/mol. The van der Waals surface area contributed by atoms with Crippen molar-refractivity contribution in [3.05, 3.63) is 0 Å². The maximum Gasteiger partial charge on any atom is 0.407 e. The van der Waals surface area contributed by atoms with E-state index in [-0.39, 0.29) is 23.3 Å². The number of likely N-dealkylation sites (tertiary alicyclic amines) is 1. The van der Waals surface area contributed by atoms with Crippen LogP contribution in [0.3, 0.4) is 0 Å². The molecule has 1 saturated heterocycles. The molecule has 2 rings (SSSR count). The lowest BCUT2D eigenvalue weighted by Crippen LogP contribution is -2.58. The number of alkyl carbamates (subject to hydrolysis) is 1. The minimum Gasteiger partial charge on any atom is -0.453 e. The van der Waals surface area contributed by atoms with E-state index >= 15 is 0 Å². The highest BCUT2D eigenvalue weighted by atomic mass is 32.1. The van der Waals surface area contributed by atoms with Gasteiger partial charge in [-0.2, -0.15) is 0 Å². The molecule has 1 aliphatic heterocycles. The lowest BCUT2D eigenvalue weighted by Gasteiger charge is -2.41. The molecule has 2 unspecified atom stereocenters. The van der Waals surface area contributed by atoms with Gasteiger partial charge in [-0.3, -0.25) is 4.79 Å². The largest absolute Gasteiger partial charge is 0.453 e. The van der Waals surface area contributed by atoms with Crippen molar-refractivity contribution in [2.45, 2.75) is 84.3 Å². The van der Waals surface area contributed by atoms with Crippen molar-refractivity contribution in [1.29, 1.82) is 0 Å². The molecule has 2 fully saturated rings. The van der Waals surface area contributed by atoms with E-state index in [9.17, 15) is 9.59 Å². The van der Waals surface area contributed by atoms with Gasteiger partial charge in [0.25, 0.3) is 0 Å². The molecule has 2 aliphatic rings. The quantitative estimate of drug-likeness (QED) is 0.527. The van der Waals surface area contributed by atoms with E-state index in [4.69, 9.17) is 22.7 Å². The Morgan fingerprint density at radius 2 is 1.83 bits per heavy atom. The molecule has 0 spiro atoms. The fourth-order valence-corrected chi connectivity index (χ4v) is 4.88. The lowest BCUT2D eigenvalue weighted by atomic mass is 9.74. The number of amides is 2. The monoisotopic (exact) mass is 440 g/mol. The van der Waals surface area contributed by atoms with Crippen LogP contribution in [0.2, 0.25) is 0 Å². The molecular weight excluding hydrogens is 400 g/mol. The van der Waals surface area contributed by atoms with Gasteiger partial charge in [-0.1, -0.05) is 39.9 Å². The van der Waals surface area contributed by atoms with Crippen molar-refractivity contribution in [2.75, 3.05) is 20.2 Å². The Bertz CT molecular complexity index is 618. The SMILES string of the molecule is COC(=O)NC(C(=S)N1CCCC1C(=O)NCC1CCC(N)CC1)C(C)(C)C(C)C. The summed E-state index contributed by atoms with van der Waals surface area (Å²) in [7, 11) is 1.35. The highest BCUT2D eigenvalue weighted by molar-refractivity contribution is 7.80. The smallest absolute Gasteiger partial charge is 0.407 e. The van der Waals surface area contributed by atoms with Gasteiger partial charge in [0.05, 0.1) is 13.2 Å². The summed E-state index contributed by atoms with van der Waals surface area (Å²) >= 11 is 5.85. The first-order valence-corrected chi connectivity index (χ1v) is 11.7. The van der Waals surface area contributed by atoms with Crippen molar-refractivity contribution >= 4 is 29.2 Å². The average Bonchev–Trinajstić information content (AvgIpc) is 3.20. The Morgan fingerprint density at radius 1 is 1.20 bits per heavy atom. The molecule has 7 nitrogen and oxygen atoms in total. The van der Waals surface area contributed by atoms with Crippen LogP contribution in [0.4, 0.5) is 4.79 Å². The van der Waals surface area contributed by atoms with Gasteiger partial charge >= 0.3 is 6.09 Å². The van der Waals surface area contributed by atoms with Gasteiger partial charge in [-0.25, -0.2) is 4.79 Å². The van der Waals surface area contributed by atoms with Crippen LogP contribution in [-0.2, 0) is 9.53 Å². The third-order valence-corrected chi connectivity index (χ3v) is 7.69. The second-order valence-electron chi connectivity index (χ2n) is 9.76. The molecule has 172 valence electrons. The van der Waals surface area contributed by atoms with Crippen LogP contribution < -0.4 is 16.4 Å². The molecule has 0 radical (unpaired) electrons. The number of rotatable bonds is 7. The summed E-state index contributed by atoms with van der Waals surface area (Å²) in [6.45, 7) is 9.82. The number of thiocarbonyl (C=S) groups is 1. The first kappa shape index (κ1) is 24.9. The van der Waals surface area contributed by atoms with Gasteiger partial charge in [0.1, 0.15) is 11.0 Å². The first-order valence-electron chi connectivity index (χ1n) is 11.3. The maximum absolute atomic E-state index is 13.0. The summed E-state index contributed by atoms with van der Waals surface area (Å²) < 4.78 is 4.84. The number of hydrogen-bond donors (Lipinski definition) is 3. The van der Waals surface area contributed by atoms with Crippen molar-refractivity contribution < 1.29 is 14.3 Å². The average molecular weight is 441 g/mol. The molecule has 0 aromatic carbocycles. The number of carbonyl (C=O) groups excluding carboxylic acids is 2. The van der Waals surface area contributed by atoms with Crippen molar-refractivity contribution in [3.63, 3.8) is 0 Å². The van der Waals surface area contributed by atoms with E-state index in [0.717, 1.165) is 45.1 Å². The molecule has 2 amide bonds. The minimum atomic E-state index is -0.508. The number of ether oxygens (including phenoxy) is 1. The van der Waals surface area contributed by atoms with Gasteiger partial charge in [0, 0.05) is 19.1 Å². The fourth-order valence-electron chi connectivity index (χ4n) is 4.30. The standard InChI is InChI=1S/C22H40N4O3S/c1-14(2)22(3,4)18(25-21(28)29-5)20(30)26-12-6-7-17(26)19(27)24-13-15-8-10-16(23)11-9-15/h14-18H,6-13,23H2,1-5H3,(H,24,27)(H,25,28). The van der Waals surface area contributed by atoms with E-state index in [2.05, 4.69) is 38.3 Å². The molecule has 1 saturated carbocycles. The van der Waals surface area contributed by atoms with Crippen LogP contribution in [0.25, 0.3) is 0 Å². The Balaban J connectivity index is 2.05. The topological polar surface area (TPSA) is 96.7 Å². The van der Waals surface area contributed by atoms with Crippen LogP contribution >= 0.6 is 12.2 Å². The Kier molecular flexibility index (Phi) is 8.91. The number of nitrogens with one attached hydrogen (secondary N) is 2. The van der Waals surface area contributed by atoms with Gasteiger partial charge < -0.3 is 26.0 Å². The zero-order chi connectivity index (χ0) is 22.5. The minimum absolute atomic E-state index is 0.0314. The third kappa shape index (κ3) is 6.06. The summed E-state index contributed by atoms with van der Waals surface area (Å²) in [6.07, 6.45) is 5.38. The number of hydrogen-bond acceptors (Lipinski definition) is 5. The van der Waals surface area contributed by atoms with E-state index in [1.165, 1.54) is 7.11 Å². The predicted octanol–water partition coefficient (Wildman–Crippen LogP) is 2.82. The van der Waals surface area contributed by atoms with Crippen LogP contribution in [0.15, 0.2) is 0 Å². The summed E-state index contributed by atoms with van der Waals surface area (Å²) in [5, 5.41) is 6.08. The van der Waals surface area contributed by atoms with Gasteiger partial charge in [-0.05, 0) is 55.8 Å². The molecule has 4 N–H and O–H groups in total. The van der Waals surface area contributed by atoms with Crippen LogP contribution in [0.1, 0.15) is 66.2 Å². The molecule has 0 bridgehead atoms. The fraction of sp³-hybridized carbons (Fsp3) is 0.864. The molecule has 0 aromatic rings. The molecule has 30 heavy (non-hydrogen) atoms. The summed E-state index contributed by atoms with van der Waals surface area (Å²) in [6, 6.07) is -0.371. The third-order valence-electron chi connectivity index (χ3n) is 7.22. The van der Waals surface area contributed by atoms with Crippen LogP contribution in [0.5, 0.6) is 0 Å². The summed E-state index contributed by atoms with van der Waals surface area (Å²) in [4.78, 5) is 27.6. The zero-order valence-corrected chi connectivity index (χ0v) is 20.0. The number of carbonyl (C=O) groups is 2.